The summed E-state index contributed by atoms with van der Waals surface area (Å²) in [7, 11) is 0. The first kappa shape index (κ1) is 14.8. The average molecular weight is 284 g/mol. The van der Waals surface area contributed by atoms with Crippen LogP contribution in [0.1, 0.15) is 59.8 Å². The Kier molecular flexibility index (Phi) is 3.87. The number of fused-ring (bicyclic) bond motifs is 2. The molecule has 5 rings (SSSR count). The van der Waals surface area contributed by atoms with Crippen LogP contribution in [0.5, 0.6) is 0 Å². The predicted molar refractivity (Wildman–Crippen MR) is 74.7 cm³/mol. The third-order valence-corrected chi connectivity index (χ3v) is 5.61. The average Bonchev–Trinajstić information content (AvgIpc) is 2.70. The van der Waals surface area contributed by atoms with Gasteiger partial charge in [-0.2, -0.15) is 0 Å². The van der Waals surface area contributed by atoms with Gasteiger partial charge in [-0.15, -0.1) is 0 Å². The van der Waals surface area contributed by atoms with Crippen LogP contribution < -0.4 is 0 Å². The molecule has 6 unspecified atom stereocenters. The number of ether oxygens (including phenoxy) is 2. The van der Waals surface area contributed by atoms with E-state index in [1.165, 1.54) is 12.8 Å². The molecule has 0 radical (unpaired) electrons. The van der Waals surface area contributed by atoms with Crippen molar-refractivity contribution in [2.24, 2.45) is 17.8 Å². The molecule has 5 fully saturated rings. The van der Waals surface area contributed by atoms with Crippen molar-refractivity contribution in [1.29, 1.82) is 0 Å². The van der Waals surface area contributed by atoms with Crippen LogP contribution in [-0.2, 0) is 19.2 Å². The van der Waals surface area contributed by atoms with Gasteiger partial charge in [0.2, 0.25) is 5.79 Å². The fourth-order valence-corrected chi connectivity index (χ4v) is 4.55. The van der Waals surface area contributed by atoms with E-state index >= 15 is 0 Å². The summed E-state index contributed by atoms with van der Waals surface area (Å²) in [6, 6.07) is 0. The lowest BCUT2D eigenvalue weighted by atomic mass is 9.61. The molecule has 6 atom stereocenters. The summed E-state index contributed by atoms with van der Waals surface area (Å²) in [6.45, 7) is 9.10. The zero-order valence-corrected chi connectivity index (χ0v) is 13.2. The van der Waals surface area contributed by atoms with Gasteiger partial charge in [0, 0.05) is 6.42 Å². The highest BCUT2D eigenvalue weighted by Crippen LogP contribution is 2.58. The zero-order valence-electron chi connectivity index (χ0n) is 13.2. The lowest BCUT2D eigenvalue weighted by Crippen LogP contribution is -2.67. The van der Waals surface area contributed by atoms with Crippen molar-refractivity contribution in [2.45, 2.75) is 77.5 Å². The minimum atomic E-state index is -0.616. The highest BCUT2D eigenvalue weighted by atomic mass is 17.3. The van der Waals surface area contributed by atoms with Gasteiger partial charge < -0.3 is 9.47 Å². The monoisotopic (exact) mass is 284 g/mol. The molecule has 4 nitrogen and oxygen atoms in total. The van der Waals surface area contributed by atoms with E-state index in [0.29, 0.717) is 17.8 Å². The van der Waals surface area contributed by atoms with Crippen LogP contribution in [0.4, 0.5) is 0 Å². The van der Waals surface area contributed by atoms with E-state index in [2.05, 4.69) is 6.92 Å². The van der Waals surface area contributed by atoms with Crippen molar-refractivity contribution in [2.75, 3.05) is 6.61 Å². The Morgan fingerprint density at radius 2 is 1.80 bits per heavy atom. The lowest BCUT2D eigenvalue weighted by molar-refractivity contribution is -0.564. The molecule has 4 heteroatoms. The number of rotatable bonds is 0. The first-order valence-electron chi connectivity index (χ1n) is 8.30. The molecule has 4 heterocycles. The topological polar surface area (TPSA) is 36.9 Å². The van der Waals surface area contributed by atoms with Crippen LogP contribution in [0, 0.1) is 17.8 Å². The molecule has 0 aromatic heterocycles. The molecule has 1 spiro atoms. The fraction of sp³-hybridized carbons (Fsp3) is 1.00. The summed E-state index contributed by atoms with van der Waals surface area (Å²) < 4.78 is 12.0. The van der Waals surface area contributed by atoms with Gasteiger partial charge in [-0.05, 0) is 50.4 Å². The molecule has 5 aliphatic rings. The third-order valence-electron chi connectivity index (χ3n) is 5.61. The predicted octanol–water partition coefficient (Wildman–Crippen LogP) is 3.65. The second-order valence-electron chi connectivity index (χ2n) is 6.66. The Morgan fingerprint density at radius 1 is 1.00 bits per heavy atom. The van der Waals surface area contributed by atoms with Crippen LogP contribution >= 0.6 is 0 Å². The van der Waals surface area contributed by atoms with Gasteiger partial charge in [-0.3, -0.25) is 0 Å². The van der Waals surface area contributed by atoms with Crippen molar-refractivity contribution in [1.82, 2.24) is 0 Å². The Labute approximate surface area is 122 Å². The largest absolute Gasteiger partial charge is 0.349 e. The summed E-state index contributed by atoms with van der Waals surface area (Å²) in [6.07, 6.45) is 5.36. The van der Waals surface area contributed by atoms with Crippen LogP contribution in [0.3, 0.4) is 0 Å². The summed E-state index contributed by atoms with van der Waals surface area (Å²) in [4.78, 5) is 11.6. The van der Waals surface area contributed by atoms with Crippen molar-refractivity contribution < 1.29 is 19.2 Å². The van der Waals surface area contributed by atoms with Gasteiger partial charge in [0.15, 0.2) is 11.9 Å². The second kappa shape index (κ2) is 5.24. The van der Waals surface area contributed by atoms with Crippen LogP contribution in [0.15, 0.2) is 0 Å². The normalized spacial score (nSPS) is 53.4. The van der Waals surface area contributed by atoms with Crippen LogP contribution in [0.2, 0.25) is 0 Å². The molecular formula is C16H28O4. The van der Waals surface area contributed by atoms with E-state index < -0.39 is 5.79 Å². The molecule has 0 aromatic carbocycles. The van der Waals surface area contributed by atoms with Crippen LogP contribution in [0.25, 0.3) is 0 Å². The van der Waals surface area contributed by atoms with Gasteiger partial charge in [0.25, 0.3) is 0 Å². The lowest BCUT2D eigenvalue weighted by Gasteiger charge is -2.57. The summed E-state index contributed by atoms with van der Waals surface area (Å²) in [5, 5.41) is 0. The maximum Gasteiger partial charge on any atom is 0.201 e. The Bertz CT molecular complexity index is 356. The highest BCUT2D eigenvalue weighted by molar-refractivity contribution is 5.06. The minimum Gasteiger partial charge on any atom is -0.349 e. The van der Waals surface area contributed by atoms with Gasteiger partial charge in [0.1, 0.15) is 0 Å². The van der Waals surface area contributed by atoms with Gasteiger partial charge in [0.05, 0.1) is 6.61 Å². The summed E-state index contributed by atoms with van der Waals surface area (Å²) >= 11 is 0. The maximum atomic E-state index is 6.11. The van der Waals surface area contributed by atoms with Crippen molar-refractivity contribution >= 4 is 0 Å². The fourth-order valence-electron chi connectivity index (χ4n) is 4.55. The van der Waals surface area contributed by atoms with Gasteiger partial charge in [-0.1, -0.05) is 20.8 Å². The number of hydrogen-bond donors (Lipinski definition) is 0. The second-order valence-corrected chi connectivity index (χ2v) is 6.66. The highest BCUT2D eigenvalue weighted by Gasteiger charge is 2.66. The van der Waals surface area contributed by atoms with Crippen molar-refractivity contribution in [3.05, 3.63) is 0 Å². The molecule has 0 amide bonds. The third kappa shape index (κ3) is 1.96. The van der Waals surface area contributed by atoms with Gasteiger partial charge >= 0.3 is 0 Å². The Morgan fingerprint density at radius 3 is 2.60 bits per heavy atom. The molecule has 0 aromatic rings. The molecular weight excluding hydrogens is 256 g/mol. The standard InChI is InChI=1S/C14H22O4.C2H6/c1-9-3-4-10-6-8-15-12-14(10)11(9)5-7-13(2,16-12)17-18-14;1-2/h9-12H,3-8H2,1-2H3;1-2H3. The summed E-state index contributed by atoms with van der Waals surface area (Å²) in [5.74, 6) is 1.08. The van der Waals surface area contributed by atoms with E-state index in [4.69, 9.17) is 19.2 Å². The van der Waals surface area contributed by atoms with E-state index in [-0.39, 0.29) is 11.9 Å². The molecule has 116 valence electrons. The van der Waals surface area contributed by atoms with Gasteiger partial charge in [-0.25, -0.2) is 9.78 Å². The molecule has 4 saturated heterocycles. The molecule has 1 saturated carbocycles. The van der Waals surface area contributed by atoms with E-state index in [9.17, 15) is 0 Å². The smallest absolute Gasteiger partial charge is 0.201 e. The van der Waals surface area contributed by atoms with E-state index in [1.807, 2.05) is 20.8 Å². The summed E-state index contributed by atoms with van der Waals surface area (Å²) in [5.41, 5.74) is -0.341. The molecule has 4 aliphatic heterocycles. The maximum absolute atomic E-state index is 6.11. The van der Waals surface area contributed by atoms with Crippen molar-refractivity contribution in [3.63, 3.8) is 0 Å². The van der Waals surface area contributed by atoms with Crippen molar-refractivity contribution in [3.8, 4) is 0 Å². The van der Waals surface area contributed by atoms with Crippen LogP contribution in [-0.4, -0.2) is 24.3 Å². The molecule has 1 aliphatic carbocycles. The first-order valence-corrected chi connectivity index (χ1v) is 8.30. The zero-order chi connectivity index (χ0) is 14.4. The molecule has 0 N–H and O–H groups in total. The molecule has 20 heavy (non-hydrogen) atoms. The van der Waals surface area contributed by atoms with E-state index in [0.717, 1.165) is 25.9 Å². The first-order chi connectivity index (χ1) is 9.64. The number of hydrogen-bond acceptors (Lipinski definition) is 4. The Balaban J connectivity index is 0.000000581. The molecule has 2 bridgehead atoms. The minimum absolute atomic E-state index is 0.231. The van der Waals surface area contributed by atoms with E-state index in [1.54, 1.807) is 0 Å². The SMILES string of the molecule is CC.CC1CCC2CCOC3OC4(C)CCC1C23OO4. The quantitative estimate of drug-likeness (QED) is 0.636. The Hall–Kier alpha value is -0.160.